The number of nitrogens with one attached hydrogen (secondary N) is 2. The van der Waals surface area contributed by atoms with Crippen molar-refractivity contribution in [3.8, 4) is 0 Å². The van der Waals surface area contributed by atoms with Gasteiger partial charge >= 0.3 is 6.03 Å². The maximum atomic E-state index is 13.3. The van der Waals surface area contributed by atoms with Crippen molar-refractivity contribution in [1.82, 2.24) is 15.3 Å². The summed E-state index contributed by atoms with van der Waals surface area (Å²) < 4.78 is 13.3. The molecule has 0 unspecified atom stereocenters. The molecule has 0 bridgehead atoms. The SMILES string of the molecule is Cc1ccn[c-]c1NC(=O)NC(=O)c1cc(F)c(Cl)nc1Cl.[Pr]. The molecule has 0 saturated carbocycles. The number of hydrogen-bond acceptors (Lipinski definition) is 4. The minimum atomic E-state index is -0.924. The van der Waals surface area contributed by atoms with E-state index in [-0.39, 0.29) is 52.0 Å². The van der Waals surface area contributed by atoms with Crippen LogP contribution < -0.4 is 10.6 Å². The summed E-state index contributed by atoms with van der Waals surface area (Å²) in [7, 11) is 0. The van der Waals surface area contributed by atoms with Gasteiger partial charge < -0.3 is 10.3 Å². The molecule has 0 aromatic carbocycles. The molecule has 0 saturated heterocycles. The number of aromatic nitrogens is 2. The molecule has 0 aliphatic carbocycles. The average Bonchev–Trinajstić information content (AvgIpc) is 2.45. The molecule has 2 rings (SSSR count). The van der Waals surface area contributed by atoms with E-state index in [0.29, 0.717) is 11.3 Å². The van der Waals surface area contributed by atoms with Gasteiger partial charge in [0, 0.05) is 41.3 Å². The fraction of sp³-hybridized carbons (Fsp3) is 0.0769. The fourth-order valence-corrected chi connectivity index (χ4v) is 1.88. The number of hydrogen-bond donors (Lipinski definition) is 2. The van der Waals surface area contributed by atoms with Gasteiger partial charge in [-0.25, -0.2) is 14.2 Å². The minimum absolute atomic E-state index is 0. The van der Waals surface area contributed by atoms with E-state index in [1.807, 2.05) is 5.32 Å². The molecule has 0 fully saturated rings. The van der Waals surface area contributed by atoms with Crippen LogP contribution in [-0.4, -0.2) is 21.9 Å². The first-order chi connectivity index (χ1) is 10.4. The van der Waals surface area contributed by atoms with Gasteiger partial charge in [0.1, 0.15) is 5.15 Å². The van der Waals surface area contributed by atoms with Crippen molar-refractivity contribution in [2.75, 3.05) is 5.32 Å². The van der Waals surface area contributed by atoms with Crippen molar-refractivity contribution >= 4 is 40.8 Å². The second-order valence-electron chi connectivity index (χ2n) is 4.12. The van der Waals surface area contributed by atoms with Crippen LogP contribution in [0.3, 0.4) is 0 Å². The van der Waals surface area contributed by atoms with Gasteiger partial charge in [-0.05, 0) is 11.8 Å². The first-order valence-electron chi connectivity index (χ1n) is 5.85. The van der Waals surface area contributed by atoms with Gasteiger partial charge in [0.25, 0.3) is 5.91 Å². The molecular weight excluding hydrogens is 475 g/mol. The van der Waals surface area contributed by atoms with E-state index in [9.17, 15) is 14.0 Å². The molecule has 6 nitrogen and oxygen atoms in total. The largest absolute Gasteiger partial charge is 0.392 e. The number of nitrogens with zero attached hydrogens (tertiary/aromatic N) is 2. The molecule has 0 aliphatic rings. The summed E-state index contributed by atoms with van der Waals surface area (Å²) in [4.78, 5) is 30.8. The number of aryl methyl sites for hydroxylation is 1. The molecule has 0 spiro atoms. The molecule has 2 aromatic heterocycles. The summed E-state index contributed by atoms with van der Waals surface area (Å²) in [5.74, 6) is -1.85. The van der Waals surface area contributed by atoms with Crippen molar-refractivity contribution < 1.29 is 55.3 Å². The monoisotopic (exact) mass is 482 g/mol. The van der Waals surface area contributed by atoms with E-state index in [1.54, 1.807) is 13.0 Å². The summed E-state index contributed by atoms with van der Waals surface area (Å²) in [5.41, 5.74) is 0.694. The fourth-order valence-electron chi connectivity index (χ4n) is 1.47. The number of pyridine rings is 2. The summed E-state index contributed by atoms with van der Waals surface area (Å²) in [5, 5.41) is 3.59. The third kappa shape index (κ3) is 5.31. The van der Waals surface area contributed by atoms with Crippen LogP contribution in [0.25, 0.3) is 0 Å². The van der Waals surface area contributed by atoms with E-state index in [0.717, 1.165) is 6.07 Å². The minimum Gasteiger partial charge on any atom is -0.392 e. The molecule has 2 aromatic rings. The van der Waals surface area contributed by atoms with Gasteiger partial charge in [-0.1, -0.05) is 42.5 Å². The second kappa shape index (κ2) is 8.82. The topological polar surface area (TPSA) is 84.0 Å². The van der Waals surface area contributed by atoms with E-state index >= 15 is 0 Å². The van der Waals surface area contributed by atoms with Crippen molar-refractivity contribution in [1.29, 1.82) is 0 Å². The third-order valence-electron chi connectivity index (χ3n) is 2.57. The van der Waals surface area contributed by atoms with Crippen molar-refractivity contribution in [3.05, 3.63) is 51.8 Å². The molecule has 2 heterocycles. The standard InChI is InChI=1S/C13H8Cl2FN4O2.Pr/c1-6-2-3-17-5-9(6)18-13(22)20-12(21)7-4-8(16)11(15)19-10(7)14;/h2-4H,1H3,(H2,18,20,21,22);/q-1;. The van der Waals surface area contributed by atoms with Crippen molar-refractivity contribution in [2.45, 2.75) is 6.92 Å². The Morgan fingerprint density at radius 2 is 2.00 bits per heavy atom. The van der Waals surface area contributed by atoms with Gasteiger partial charge in [-0.3, -0.25) is 10.1 Å². The van der Waals surface area contributed by atoms with Crippen LogP contribution in [-0.2, 0) is 0 Å². The normalized spacial score (nSPS) is 9.74. The Kier molecular flexibility index (Phi) is 7.73. The maximum absolute atomic E-state index is 13.3. The Balaban J connectivity index is 0.00000264. The van der Waals surface area contributed by atoms with Crippen molar-refractivity contribution in [2.24, 2.45) is 0 Å². The third-order valence-corrected chi connectivity index (χ3v) is 3.12. The van der Waals surface area contributed by atoms with Crippen LogP contribution >= 0.6 is 23.2 Å². The summed E-state index contributed by atoms with van der Waals surface area (Å²) in [6, 6.07) is 1.61. The molecule has 117 valence electrons. The number of urea groups is 1. The van der Waals surface area contributed by atoms with Crippen LogP contribution in [0.4, 0.5) is 14.9 Å². The van der Waals surface area contributed by atoms with Crippen molar-refractivity contribution in [3.63, 3.8) is 0 Å². The number of anilines is 1. The molecule has 0 aliphatic heterocycles. The zero-order valence-corrected chi connectivity index (χ0v) is 16.9. The number of amides is 3. The first-order valence-corrected chi connectivity index (χ1v) is 6.61. The van der Waals surface area contributed by atoms with Crippen LogP contribution in [0.15, 0.2) is 18.3 Å². The zero-order chi connectivity index (χ0) is 16.3. The first kappa shape index (κ1) is 20.2. The van der Waals surface area contributed by atoms with Crippen LogP contribution in [0, 0.1) is 60.2 Å². The van der Waals surface area contributed by atoms with Gasteiger partial charge in [0.15, 0.2) is 11.0 Å². The number of carbonyl (C=O) groups excluding carboxylic acids is 2. The van der Waals surface area contributed by atoms with Gasteiger partial charge in [0.05, 0.1) is 5.56 Å². The molecule has 1 radical (unpaired) electrons. The summed E-state index contributed by atoms with van der Waals surface area (Å²) >= 11 is 11.1. The average molecular weight is 483 g/mol. The number of rotatable bonds is 2. The van der Waals surface area contributed by atoms with E-state index in [1.165, 1.54) is 6.20 Å². The van der Waals surface area contributed by atoms with Crippen LogP contribution in [0.2, 0.25) is 10.3 Å². The molecule has 0 atom stereocenters. The molecule has 10 heteroatoms. The molecule has 3 amide bonds. The predicted molar refractivity (Wildman–Crippen MR) is 78.5 cm³/mol. The van der Waals surface area contributed by atoms with Crippen LogP contribution in [0.5, 0.6) is 0 Å². The summed E-state index contributed by atoms with van der Waals surface area (Å²) in [6.45, 7) is 1.73. The van der Waals surface area contributed by atoms with E-state index < -0.39 is 22.9 Å². The predicted octanol–water partition coefficient (Wildman–Crippen LogP) is 2.99. The Hall–Kier alpha value is -0.886. The number of carbonyl (C=O) groups is 2. The summed E-state index contributed by atoms with van der Waals surface area (Å²) in [6.07, 6.45) is 4.06. The quantitative estimate of drug-likeness (QED) is 0.509. The van der Waals surface area contributed by atoms with E-state index in [4.69, 9.17) is 23.2 Å². The zero-order valence-electron chi connectivity index (χ0n) is 11.7. The Labute approximate surface area is 174 Å². The van der Waals surface area contributed by atoms with Gasteiger partial charge in [0.2, 0.25) is 0 Å². The Morgan fingerprint density at radius 1 is 1.30 bits per heavy atom. The van der Waals surface area contributed by atoms with E-state index in [2.05, 4.69) is 21.5 Å². The smallest absolute Gasteiger partial charge is 0.324 e. The maximum Gasteiger partial charge on any atom is 0.324 e. The molecular formula is C13H8Cl2FN4O2Pr-. The molecule has 2 N–H and O–H groups in total. The van der Waals surface area contributed by atoms with Gasteiger partial charge in [-0.2, -0.15) is 6.07 Å². The Bertz CT molecular complexity index is 761. The van der Waals surface area contributed by atoms with Crippen LogP contribution in [0.1, 0.15) is 15.9 Å². The Morgan fingerprint density at radius 3 is 2.65 bits per heavy atom. The van der Waals surface area contributed by atoms with Gasteiger partial charge in [-0.15, -0.1) is 5.56 Å². The molecule has 23 heavy (non-hydrogen) atoms. The number of halogens is 3. The second-order valence-corrected chi connectivity index (χ2v) is 4.84. The number of imide groups is 1.